The van der Waals surface area contributed by atoms with Crippen LogP contribution in [-0.4, -0.2) is 29.2 Å². The topological polar surface area (TPSA) is 75.6 Å². The molecular formula is C14H12ClNO4. The third-order valence-corrected chi connectivity index (χ3v) is 3.95. The molecule has 0 spiro atoms. The number of anilines is 1. The van der Waals surface area contributed by atoms with E-state index < -0.39 is 30.0 Å². The predicted molar refractivity (Wildman–Crippen MR) is 72.5 cm³/mol. The summed E-state index contributed by atoms with van der Waals surface area (Å²) in [6.45, 7) is 0. The van der Waals surface area contributed by atoms with Crippen LogP contribution in [0.15, 0.2) is 36.4 Å². The Labute approximate surface area is 120 Å². The zero-order valence-corrected chi connectivity index (χ0v) is 11.1. The van der Waals surface area contributed by atoms with E-state index in [4.69, 9.17) is 16.3 Å². The number of carbonyl (C=O) groups excluding carboxylic acids is 1. The standard InChI is InChI=1S/C14H12ClNO4/c15-7-3-1-2-4-8(7)16-13(17)11-9-5-6-10(20-9)12(11)14(18)19/h1-6,9-12H,(H,16,17)(H,18,19)/t9-,10-,11-,12-/m0/s1. The molecule has 2 aliphatic heterocycles. The Kier molecular flexibility index (Phi) is 3.23. The molecule has 3 rings (SSSR count). The van der Waals surface area contributed by atoms with Gasteiger partial charge >= 0.3 is 5.97 Å². The largest absolute Gasteiger partial charge is 0.481 e. The summed E-state index contributed by atoms with van der Waals surface area (Å²) >= 11 is 5.98. The molecule has 0 saturated carbocycles. The normalized spacial score (nSPS) is 30.4. The van der Waals surface area contributed by atoms with Crippen molar-refractivity contribution in [2.45, 2.75) is 12.2 Å². The minimum atomic E-state index is -1.03. The number of fused-ring (bicyclic) bond motifs is 2. The highest BCUT2D eigenvalue weighted by Crippen LogP contribution is 2.40. The maximum absolute atomic E-state index is 12.3. The number of carbonyl (C=O) groups is 2. The fourth-order valence-electron chi connectivity index (χ4n) is 2.69. The fourth-order valence-corrected chi connectivity index (χ4v) is 2.88. The highest BCUT2D eigenvalue weighted by atomic mass is 35.5. The third-order valence-electron chi connectivity index (χ3n) is 3.62. The number of amides is 1. The van der Waals surface area contributed by atoms with Crippen LogP contribution in [0, 0.1) is 11.8 Å². The number of para-hydroxylation sites is 1. The number of halogens is 1. The molecule has 104 valence electrons. The summed E-state index contributed by atoms with van der Waals surface area (Å²) < 4.78 is 5.46. The quantitative estimate of drug-likeness (QED) is 0.835. The first-order chi connectivity index (χ1) is 9.58. The van der Waals surface area contributed by atoms with E-state index in [-0.39, 0.29) is 5.91 Å². The lowest BCUT2D eigenvalue weighted by Gasteiger charge is -2.21. The molecule has 6 heteroatoms. The average Bonchev–Trinajstić information content (AvgIpc) is 3.01. The Morgan fingerprint density at radius 1 is 1.15 bits per heavy atom. The van der Waals surface area contributed by atoms with Gasteiger partial charge in [0.25, 0.3) is 0 Å². The second-order valence-corrected chi connectivity index (χ2v) is 5.22. The number of hydrogen-bond acceptors (Lipinski definition) is 3. The zero-order valence-electron chi connectivity index (χ0n) is 10.3. The van der Waals surface area contributed by atoms with E-state index in [0.29, 0.717) is 10.7 Å². The van der Waals surface area contributed by atoms with E-state index in [1.54, 1.807) is 36.4 Å². The van der Waals surface area contributed by atoms with Crippen LogP contribution in [0.3, 0.4) is 0 Å². The van der Waals surface area contributed by atoms with E-state index in [0.717, 1.165) is 0 Å². The monoisotopic (exact) mass is 293 g/mol. The summed E-state index contributed by atoms with van der Waals surface area (Å²) in [7, 11) is 0. The van der Waals surface area contributed by atoms with E-state index in [1.807, 2.05) is 0 Å². The van der Waals surface area contributed by atoms with Gasteiger partial charge in [0.1, 0.15) is 5.92 Å². The molecule has 1 fully saturated rings. The molecule has 2 aliphatic rings. The predicted octanol–water partition coefficient (Wildman–Crippen LogP) is 1.93. The first-order valence-electron chi connectivity index (χ1n) is 6.20. The van der Waals surface area contributed by atoms with Crippen LogP contribution in [0.25, 0.3) is 0 Å². The van der Waals surface area contributed by atoms with Crippen molar-refractivity contribution in [1.29, 1.82) is 0 Å². The lowest BCUT2D eigenvalue weighted by Crippen LogP contribution is -2.39. The van der Waals surface area contributed by atoms with Gasteiger partial charge in [-0.25, -0.2) is 0 Å². The summed E-state index contributed by atoms with van der Waals surface area (Å²) in [5.74, 6) is -3.00. The molecule has 1 aromatic rings. The Morgan fingerprint density at radius 3 is 2.45 bits per heavy atom. The molecule has 1 saturated heterocycles. The molecular weight excluding hydrogens is 282 g/mol. The number of aliphatic carboxylic acids is 1. The number of nitrogens with one attached hydrogen (secondary N) is 1. The van der Waals surface area contributed by atoms with E-state index >= 15 is 0 Å². The Hall–Kier alpha value is -1.85. The van der Waals surface area contributed by atoms with E-state index in [2.05, 4.69) is 5.32 Å². The van der Waals surface area contributed by atoms with E-state index in [1.165, 1.54) is 0 Å². The van der Waals surface area contributed by atoms with Crippen molar-refractivity contribution in [3.63, 3.8) is 0 Å². The van der Waals surface area contributed by atoms with Crippen molar-refractivity contribution in [2.24, 2.45) is 11.8 Å². The zero-order chi connectivity index (χ0) is 14.3. The molecule has 2 heterocycles. The molecule has 5 nitrogen and oxygen atoms in total. The third kappa shape index (κ3) is 2.09. The van der Waals surface area contributed by atoms with Crippen molar-refractivity contribution >= 4 is 29.2 Å². The average molecular weight is 294 g/mol. The summed E-state index contributed by atoms with van der Waals surface area (Å²) in [5, 5.41) is 12.3. The number of carboxylic acids is 1. The Balaban J connectivity index is 1.82. The van der Waals surface area contributed by atoms with Gasteiger partial charge in [0.2, 0.25) is 5.91 Å². The van der Waals surface area contributed by atoms with Crippen molar-refractivity contribution in [2.75, 3.05) is 5.32 Å². The van der Waals surface area contributed by atoms with Gasteiger partial charge in [-0.05, 0) is 12.1 Å². The maximum atomic E-state index is 12.3. The molecule has 0 radical (unpaired) electrons. The minimum absolute atomic E-state index is 0.387. The highest BCUT2D eigenvalue weighted by molar-refractivity contribution is 6.33. The van der Waals surface area contributed by atoms with E-state index in [9.17, 15) is 14.7 Å². The maximum Gasteiger partial charge on any atom is 0.310 e. The molecule has 1 aromatic carbocycles. The smallest absolute Gasteiger partial charge is 0.310 e. The number of hydrogen-bond donors (Lipinski definition) is 2. The van der Waals surface area contributed by atoms with Crippen LogP contribution in [0.1, 0.15) is 0 Å². The molecule has 0 unspecified atom stereocenters. The first kappa shape index (κ1) is 13.1. The number of ether oxygens (including phenoxy) is 1. The fraction of sp³-hybridized carbons (Fsp3) is 0.286. The molecule has 0 aliphatic carbocycles. The van der Waals surface area contributed by atoms with Crippen LogP contribution in [0.4, 0.5) is 5.69 Å². The van der Waals surface area contributed by atoms with Crippen LogP contribution >= 0.6 is 11.6 Å². The Bertz CT molecular complexity index is 601. The SMILES string of the molecule is O=C(O)[C@@H]1[C@@H](C(=O)Nc2ccccc2Cl)[C@@H]2C=C[C@@H]1O2. The lowest BCUT2D eigenvalue weighted by molar-refractivity contribution is -0.145. The van der Waals surface area contributed by atoms with Crippen molar-refractivity contribution in [1.82, 2.24) is 0 Å². The minimum Gasteiger partial charge on any atom is -0.481 e. The molecule has 2 bridgehead atoms. The summed E-state index contributed by atoms with van der Waals surface area (Å²) in [6.07, 6.45) is 2.42. The molecule has 2 N–H and O–H groups in total. The van der Waals surface area contributed by atoms with Crippen LogP contribution in [-0.2, 0) is 14.3 Å². The molecule has 20 heavy (non-hydrogen) atoms. The first-order valence-corrected chi connectivity index (χ1v) is 6.57. The highest BCUT2D eigenvalue weighted by Gasteiger charge is 2.53. The van der Waals surface area contributed by atoms with Gasteiger partial charge in [-0.3, -0.25) is 9.59 Å². The van der Waals surface area contributed by atoms with Gasteiger partial charge < -0.3 is 15.2 Å². The van der Waals surface area contributed by atoms with Gasteiger partial charge in [-0.2, -0.15) is 0 Å². The molecule has 0 aromatic heterocycles. The molecule has 1 amide bonds. The molecule has 4 atom stereocenters. The van der Waals surface area contributed by atoms with Gasteiger partial charge in [-0.15, -0.1) is 0 Å². The second kappa shape index (κ2) is 4.92. The van der Waals surface area contributed by atoms with Crippen LogP contribution in [0.2, 0.25) is 5.02 Å². The summed E-state index contributed by atoms with van der Waals surface area (Å²) in [6, 6.07) is 6.82. The van der Waals surface area contributed by atoms with Crippen molar-refractivity contribution in [3.05, 3.63) is 41.4 Å². The second-order valence-electron chi connectivity index (χ2n) is 4.81. The summed E-state index contributed by atoms with van der Waals surface area (Å²) in [4.78, 5) is 23.6. The van der Waals surface area contributed by atoms with Crippen LogP contribution in [0.5, 0.6) is 0 Å². The van der Waals surface area contributed by atoms with Crippen LogP contribution < -0.4 is 5.32 Å². The van der Waals surface area contributed by atoms with Gasteiger partial charge in [0.15, 0.2) is 0 Å². The van der Waals surface area contributed by atoms with Gasteiger partial charge in [-0.1, -0.05) is 35.9 Å². The number of benzene rings is 1. The van der Waals surface area contributed by atoms with Crippen molar-refractivity contribution < 1.29 is 19.4 Å². The number of carboxylic acid groups (broad SMARTS) is 1. The van der Waals surface area contributed by atoms with Crippen molar-refractivity contribution in [3.8, 4) is 0 Å². The lowest BCUT2D eigenvalue weighted by atomic mass is 9.82. The Morgan fingerprint density at radius 2 is 1.80 bits per heavy atom. The summed E-state index contributed by atoms with van der Waals surface area (Å²) in [5.41, 5.74) is 0.468. The van der Waals surface area contributed by atoms with Gasteiger partial charge in [0, 0.05) is 0 Å². The van der Waals surface area contributed by atoms with Gasteiger partial charge in [0.05, 0.1) is 28.8 Å². The number of rotatable bonds is 3.